The van der Waals surface area contributed by atoms with Crippen molar-refractivity contribution in [2.24, 2.45) is 5.73 Å². The maximum absolute atomic E-state index is 11.5. The van der Waals surface area contributed by atoms with E-state index in [1.807, 2.05) is 0 Å². The third kappa shape index (κ3) is 4.07. The third-order valence-electron chi connectivity index (χ3n) is 2.70. The van der Waals surface area contributed by atoms with Gasteiger partial charge >= 0.3 is 0 Å². The summed E-state index contributed by atoms with van der Waals surface area (Å²) in [5.41, 5.74) is 5.32. The van der Waals surface area contributed by atoms with Crippen LogP contribution < -0.4 is 10.5 Å². The molecule has 0 aromatic rings. The molecule has 0 bridgehead atoms. The fourth-order valence-electron chi connectivity index (χ4n) is 1.91. The molecule has 0 spiro atoms. The number of carbonyl (C=O) groups excluding carboxylic acids is 1. The number of amides is 1. The second-order valence-corrected chi connectivity index (χ2v) is 5.89. The predicted molar refractivity (Wildman–Crippen MR) is 61.3 cm³/mol. The summed E-state index contributed by atoms with van der Waals surface area (Å²) in [6.07, 6.45) is 3.92. The van der Waals surface area contributed by atoms with Gasteiger partial charge in [0, 0.05) is 19.1 Å². The average Bonchev–Trinajstić information content (AvgIpc) is 2.25. The van der Waals surface area contributed by atoms with E-state index in [2.05, 4.69) is 4.72 Å². The van der Waals surface area contributed by atoms with Crippen molar-refractivity contribution < 1.29 is 13.2 Å². The normalized spacial score (nSPS) is 22.1. The van der Waals surface area contributed by atoms with Gasteiger partial charge in [0.15, 0.2) is 0 Å². The standard InChI is InChI=1S/C9H19N3O3S/c1-16(14,15)11-7-8-4-2-3-5-12(8)9(13)6-10/h8,11H,2-7,10H2,1H3. The first-order valence-electron chi connectivity index (χ1n) is 5.38. The van der Waals surface area contributed by atoms with Gasteiger partial charge in [0.05, 0.1) is 12.8 Å². The lowest BCUT2D eigenvalue weighted by Gasteiger charge is -2.35. The maximum Gasteiger partial charge on any atom is 0.236 e. The molecule has 6 nitrogen and oxygen atoms in total. The molecule has 1 unspecified atom stereocenters. The van der Waals surface area contributed by atoms with Gasteiger partial charge in [0.25, 0.3) is 0 Å². The number of nitrogens with one attached hydrogen (secondary N) is 1. The summed E-state index contributed by atoms with van der Waals surface area (Å²) in [6, 6.07) is -0.0560. The van der Waals surface area contributed by atoms with Crippen molar-refractivity contribution in [3.63, 3.8) is 0 Å². The Morgan fingerprint density at radius 2 is 2.19 bits per heavy atom. The Morgan fingerprint density at radius 1 is 1.50 bits per heavy atom. The lowest BCUT2D eigenvalue weighted by Crippen LogP contribution is -2.51. The molecule has 1 heterocycles. The van der Waals surface area contributed by atoms with E-state index in [-0.39, 0.29) is 25.0 Å². The minimum Gasteiger partial charge on any atom is -0.337 e. The molecule has 1 saturated heterocycles. The zero-order valence-electron chi connectivity index (χ0n) is 9.48. The molecule has 0 saturated carbocycles. The monoisotopic (exact) mass is 249 g/mol. The second-order valence-electron chi connectivity index (χ2n) is 4.06. The molecular weight excluding hydrogens is 230 g/mol. The first-order valence-corrected chi connectivity index (χ1v) is 7.27. The molecule has 1 rings (SSSR count). The van der Waals surface area contributed by atoms with E-state index in [0.29, 0.717) is 6.54 Å². The van der Waals surface area contributed by atoms with Crippen LogP contribution in [0.2, 0.25) is 0 Å². The van der Waals surface area contributed by atoms with Crippen LogP contribution in [0.15, 0.2) is 0 Å². The Morgan fingerprint density at radius 3 is 2.75 bits per heavy atom. The van der Waals surface area contributed by atoms with Crippen LogP contribution >= 0.6 is 0 Å². The average molecular weight is 249 g/mol. The summed E-state index contributed by atoms with van der Waals surface area (Å²) >= 11 is 0. The zero-order chi connectivity index (χ0) is 12.2. The highest BCUT2D eigenvalue weighted by molar-refractivity contribution is 7.88. The van der Waals surface area contributed by atoms with Crippen molar-refractivity contribution in [1.29, 1.82) is 0 Å². The summed E-state index contributed by atoms with van der Waals surface area (Å²) < 4.78 is 24.4. The Bertz CT molecular complexity index is 342. The molecule has 16 heavy (non-hydrogen) atoms. The van der Waals surface area contributed by atoms with Crippen LogP contribution in [0.1, 0.15) is 19.3 Å². The van der Waals surface area contributed by atoms with E-state index >= 15 is 0 Å². The number of likely N-dealkylation sites (tertiary alicyclic amines) is 1. The lowest BCUT2D eigenvalue weighted by molar-refractivity contribution is -0.133. The van der Waals surface area contributed by atoms with E-state index in [1.54, 1.807) is 4.90 Å². The fraction of sp³-hybridized carbons (Fsp3) is 0.889. The van der Waals surface area contributed by atoms with Gasteiger partial charge in [-0.15, -0.1) is 0 Å². The number of piperidine rings is 1. The van der Waals surface area contributed by atoms with Crippen molar-refractivity contribution in [2.45, 2.75) is 25.3 Å². The molecule has 0 radical (unpaired) electrons. The first kappa shape index (κ1) is 13.4. The van der Waals surface area contributed by atoms with Crippen molar-refractivity contribution >= 4 is 15.9 Å². The largest absolute Gasteiger partial charge is 0.337 e. The number of nitrogens with two attached hydrogens (primary N) is 1. The predicted octanol–water partition coefficient (Wildman–Crippen LogP) is -1.12. The molecule has 0 aromatic heterocycles. The summed E-state index contributed by atoms with van der Waals surface area (Å²) in [5.74, 6) is -0.111. The summed E-state index contributed by atoms with van der Waals surface area (Å²) in [5, 5.41) is 0. The molecule has 94 valence electrons. The van der Waals surface area contributed by atoms with Gasteiger partial charge in [-0.25, -0.2) is 13.1 Å². The Kier molecular flexibility index (Phi) is 4.69. The van der Waals surface area contributed by atoms with Crippen molar-refractivity contribution in [1.82, 2.24) is 9.62 Å². The first-order chi connectivity index (χ1) is 7.44. The van der Waals surface area contributed by atoms with Gasteiger partial charge in [-0.05, 0) is 19.3 Å². The van der Waals surface area contributed by atoms with Crippen LogP contribution in [-0.2, 0) is 14.8 Å². The quantitative estimate of drug-likeness (QED) is 0.660. The van der Waals surface area contributed by atoms with Crippen LogP contribution in [0.3, 0.4) is 0 Å². The Hall–Kier alpha value is -0.660. The molecular formula is C9H19N3O3S. The van der Waals surface area contributed by atoms with Crippen LogP contribution in [0, 0.1) is 0 Å². The number of hydrogen-bond acceptors (Lipinski definition) is 4. The molecule has 0 aliphatic carbocycles. The van der Waals surface area contributed by atoms with Crippen LogP contribution in [0.25, 0.3) is 0 Å². The highest BCUT2D eigenvalue weighted by atomic mass is 32.2. The highest BCUT2D eigenvalue weighted by Crippen LogP contribution is 2.16. The van der Waals surface area contributed by atoms with Gasteiger partial charge in [-0.1, -0.05) is 0 Å². The Labute approximate surface area is 96.2 Å². The number of rotatable bonds is 4. The third-order valence-corrected chi connectivity index (χ3v) is 3.39. The fourth-order valence-corrected chi connectivity index (χ4v) is 2.40. The topological polar surface area (TPSA) is 92.5 Å². The second kappa shape index (κ2) is 5.60. The van der Waals surface area contributed by atoms with E-state index in [1.165, 1.54) is 0 Å². The van der Waals surface area contributed by atoms with Crippen molar-refractivity contribution in [3.8, 4) is 0 Å². The maximum atomic E-state index is 11.5. The minimum atomic E-state index is -3.20. The molecule has 1 aliphatic rings. The van der Waals surface area contributed by atoms with E-state index in [0.717, 1.165) is 25.5 Å². The molecule has 7 heteroatoms. The van der Waals surface area contributed by atoms with Crippen LogP contribution in [0.4, 0.5) is 0 Å². The minimum absolute atomic E-state index is 0.0185. The molecule has 1 aliphatic heterocycles. The van der Waals surface area contributed by atoms with Gasteiger partial charge in [0.2, 0.25) is 15.9 Å². The molecule has 3 N–H and O–H groups in total. The van der Waals surface area contributed by atoms with Gasteiger partial charge in [-0.3, -0.25) is 4.79 Å². The summed E-state index contributed by atoms with van der Waals surface area (Å²) in [4.78, 5) is 13.2. The molecule has 1 atom stereocenters. The summed E-state index contributed by atoms with van der Waals surface area (Å²) in [7, 11) is -3.20. The molecule has 1 amide bonds. The molecule has 0 aromatic carbocycles. The van der Waals surface area contributed by atoms with Gasteiger partial charge < -0.3 is 10.6 Å². The SMILES string of the molecule is CS(=O)(=O)NCC1CCCCN1C(=O)CN. The van der Waals surface area contributed by atoms with Gasteiger partial charge in [0.1, 0.15) is 0 Å². The van der Waals surface area contributed by atoms with Crippen molar-refractivity contribution in [3.05, 3.63) is 0 Å². The Balaban J connectivity index is 2.57. The number of nitrogens with zero attached hydrogens (tertiary/aromatic N) is 1. The van der Waals surface area contributed by atoms with E-state index in [9.17, 15) is 13.2 Å². The number of carbonyl (C=O) groups is 1. The van der Waals surface area contributed by atoms with Crippen LogP contribution in [0.5, 0.6) is 0 Å². The zero-order valence-corrected chi connectivity index (χ0v) is 10.3. The van der Waals surface area contributed by atoms with Crippen molar-refractivity contribution in [2.75, 3.05) is 25.9 Å². The number of hydrogen-bond donors (Lipinski definition) is 2. The van der Waals surface area contributed by atoms with Crippen LogP contribution in [-0.4, -0.2) is 51.2 Å². The summed E-state index contributed by atoms with van der Waals surface area (Å²) in [6.45, 7) is 0.937. The van der Waals surface area contributed by atoms with E-state index < -0.39 is 10.0 Å². The number of sulfonamides is 1. The lowest BCUT2D eigenvalue weighted by atomic mass is 10.0. The van der Waals surface area contributed by atoms with E-state index in [4.69, 9.17) is 5.73 Å². The van der Waals surface area contributed by atoms with Gasteiger partial charge in [-0.2, -0.15) is 0 Å². The smallest absolute Gasteiger partial charge is 0.236 e. The highest BCUT2D eigenvalue weighted by Gasteiger charge is 2.26. The molecule has 1 fully saturated rings.